The Bertz CT molecular complexity index is 1160. The second kappa shape index (κ2) is 9.18. The van der Waals surface area contributed by atoms with E-state index in [-0.39, 0.29) is 10.3 Å². The number of hydrogen-bond acceptors (Lipinski definition) is 9. The number of rotatable bonds is 6. The van der Waals surface area contributed by atoms with Crippen LogP contribution in [0.4, 0.5) is 11.6 Å². The number of carbonyl (C=O) groups excluding carboxylic acids is 1. The van der Waals surface area contributed by atoms with Gasteiger partial charge >= 0.3 is 0 Å². The number of sulfonamides is 1. The van der Waals surface area contributed by atoms with Gasteiger partial charge in [-0.15, -0.1) is 0 Å². The van der Waals surface area contributed by atoms with Gasteiger partial charge in [0.1, 0.15) is 5.37 Å². The Morgan fingerprint density at radius 3 is 2.66 bits per heavy atom. The Labute approximate surface area is 191 Å². The number of allylic oxidation sites excluding steroid dienone is 1. The molecule has 1 aromatic heterocycles. The molecule has 0 bridgehead atoms. The first-order chi connectivity index (χ1) is 15.3. The van der Waals surface area contributed by atoms with Gasteiger partial charge in [0.15, 0.2) is 6.29 Å². The van der Waals surface area contributed by atoms with E-state index in [1.165, 1.54) is 16.1 Å². The SMILES string of the molecule is CC1=C(c2ccnc(Nc3ccc(C)c(S(=O)(=O)N4CCOCC4)c3)n2)SC(C=O)N1C. The normalized spacial score (nSPS) is 20.0. The highest BCUT2D eigenvalue weighted by atomic mass is 32.2. The van der Waals surface area contributed by atoms with Crippen molar-refractivity contribution in [3.05, 3.63) is 47.4 Å². The Hall–Kier alpha value is -2.47. The Kier molecular flexibility index (Phi) is 6.52. The largest absolute Gasteiger partial charge is 0.379 e. The lowest BCUT2D eigenvalue weighted by Crippen LogP contribution is -2.40. The smallest absolute Gasteiger partial charge is 0.243 e. The zero-order valence-electron chi connectivity index (χ0n) is 18.1. The number of anilines is 2. The summed E-state index contributed by atoms with van der Waals surface area (Å²) in [7, 11) is -1.76. The van der Waals surface area contributed by atoms with Gasteiger partial charge in [-0.2, -0.15) is 4.31 Å². The third-order valence-electron chi connectivity index (χ3n) is 5.51. The molecule has 32 heavy (non-hydrogen) atoms. The van der Waals surface area contributed by atoms with Crippen molar-refractivity contribution < 1.29 is 17.9 Å². The zero-order valence-corrected chi connectivity index (χ0v) is 19.7. The van der Waals surface area contributed by atoms with E-state index in [9.17, 15) is 13.2 Å². The van der Waals surface area contributed by atoms with Gasteiger partial charge in [0.2, 0.25) is 16.0 Å². The van der Waals surface area contributed by atoms with Gasteiger partial charge in [0.05, 0.1) is 28.7 Å². The molecule has 0 amide bonds. The molecule has 2 aliphatic heterocycles. The molecule has 2 aliphatic rings. The van der Waals surface area contributed by atoms with Crippen molar-refractivity contribution >= 4 is 44.6 Å². The van der Waals surface area contributed by atoms with Crippen LogP contribution in [-0.2, 0) is 19.6 Å². The summed E-state index contributed by atoms with van der Waals surface area (Å²) < 4.78 is 33.0. The number of ether oxygens (including phenoxy) is 1. The van der Waals surface area contributed by atoms with Gasteiger partial charge in [-0.25, -0.2) is 18.4 Å². The third-order valence-corrected chi connectivity index (χ3v) is 8.96. The lowest BCUT2D eigenvalue weighted by molar-refractivity contribution is -0.109. The first kappa shape index (κ1) is 22.7. The standard InChI is InChI=1S/C21H25N5O4S2/c1-14-4-5-16(12-18(14)32(28,29)26-8-10-30-11-9-26)23-21-22-7-6-17(24-21)20-15(2)25(3)19(13-27)31-20/h4-7,12-13,19H,8-11H2,1-3H3,(H,22,23,24). The van der Waals surface area contributed by atoms with Crippen LogP contribution in [0.15, 0.2) is 41.1 Å². The molecule has 1 saturated heterocycles. The van der Waals surface area contributed by atoms with Crippen LogP contribution in [0.3, 0.4) is 0 Å². The summed E-state index contributed by atoms with van der Waals surface area (Å²) in [6.07, 6.45) is 2.55. The van der Waals surface area contributed by atoms with Crippen LogP contribution in [0.2, 0.25) is 0 Å². The second-order valence-electron chi connectivity index (χ2n) is 7.56. The van der Waals surface area contributed by atoms with Crippen molar-refractivity contribution in [1.29, 1.82) is 0 Å². The molecule has 170 valence electrons. The van der Waals surface area contributed by atoms with Gasteiger partial charge in [-0.1, -0.05) is 17.8 Å². The van der Waals surface area contributed by atoms with E-state index in [1.807, 2.05) is 18.9 Å². The van der Waals surface area contributed by atoms with Crippen LogP contribution in [0.5, 0.6) is 0 Å². The molecule has 0 radical (unpaired) electrons. The molecular formula is C21H25N5O4S2. The Morgan fingerprint density at radius 2 is 1.97 bits per heavy atom. The number of aryl methyl sites for hydroxylation is 1. The molecule has 0 spiro atoms. The average Bonchev–Trinajstić information content (AvgIpc) is 3.09. The maximum atomic E-state index is 13.1. The first-order valence-electron chi connectivity index (χ1n) is 10.2. The second-order valence-corrected chi connectivity index (χ2v) is 10.6. The van der Waals surface area contributed by atoms with Crippen molar-refractivity contribution in [2.75, 3.05) is 38.7 Å². The lowest BCUT2D eigenvalue weighted by Gasteiger charge is -2.26. The summed E-state index contributed by atoms with van der Waals surface area (Å²) in [5.41, 5.74) is 2.91. The highest BCUT2D eigenvalue weighted by Crippen LogP contribution is 2.41. The molecule has 0 aliphatic carbocycles. The number of nitrogens with zero attached hydrogens (tertiary/aromatic N) is 4. The van der Waals surface area contributed by atoms with Crippen LogP contribution in [0.1, 0.15) is 18.2 Å². The highest BCUT2D eigenvalue weighted by Gasteiger charge is 2.29. The molecule has 1 N–H and O–H groups in total. The summed E-state index contributed by atoms with van der Waals surface area (Å²) >= 11 is 1.44. The van der Waals surface area contributed by atoms with E-state index in [1.54, 1.807) is 37.4 Å². The van der Waals surface area contributed by atoms with Gasteiger partial charge in [0, 0.05) is 37.7 Å². The third kappa shape index (κ3) is 4.38. The number of thioether (sulfide) groups is 1. The molecular weight excluding hydrogens is 450 g/mol. The van der Waals surface area contributed by atoms with Crippen molar-refractivity contribution in [2.24, 2.45) is 0 Å². The quantitative estimate of drug-likeness (QED) is 0.631. The van der Waals surface area contributed by atoms with Crippen LogP contribution in [0, 0.1) is 6.92 Å². The monoisotopic (exact) mass is 475 g/mol. The molecule has 11 heteroatoms. The van der Waals surface area contributed by atoms with E-state index in [2.05, 4.69) is 15.3 Å². The number of morpholine rings is 1. The zero-order chi connectivity index (χ0) is 22.9. The number of benzene rings is 1. The molecule has 3 heterocycles. The van der Waals surface area contributed by atoms with Crippen molar-refractivity contribution in [3.63, 3.8) is 0 Å². The minimum atomic E-state index is -3.63. The molecule has 1 aromatic carbocycles. The van der Waals surface area contributed by atoms with Gasteiger partial charge in [0.25, 0.3) is 0 Å². The van der Waals surface area contributed by atoms with E-state index in [0.717, 1.165) is 16.9 Å². The predicted octanol–water partition coefficient (Wildman–Crippen LogP) is 2.44. The lowest BCUT2D eigenvalue weighted by atomic mass is 10.2. The van der Waals surface area contributed by atoms with Gasteiger partial charge in [-0.05, 0) is 37.6 Å². The number of carbonyl (C=O) groups is 1. The number of likely N-dealkylation sites (N-methyl/N-ethyl adjacent to an activating group) is 1. The van der Waals surface area contributed by atoms with E-state index in [4.69, 9.17) is 4.74 Å². The van der Waals surface area contributed by atoms with E-state index in [0.29, 0.717) is 49.2 Å². The summed E-state index contributed by atoms with van der Waals surface area (Å²) in [5.74, 6) is 0.346. The average molecular weight is 476 g/mol. The van der Waals surface area contributed by atoms with Crippen LogP contribution >= 0.6 is 11.8 Å². The predicted molar refractivity (Wildman–Crippen MR) is 124 cm³/mol. The minimum Gasteiger partial charge on any atom is -0.379 e. The van der Waals surface area contributed by atoms with Crippen LogP contribution in [-0.4, -0.2) is 72.6 Å². The summed E-state index contributed by atoms with van der Waals surface area (Å²) in [4.78, 5) is 23.2. The van der Waals surface area contributed by atoms with Crippen LogP contribution in [0.25, 0.3) is 4.91 Å². The maximum absolute atomic E-state index is 13.1. The minimum absolute atomic E-state index is 0.251. The molecule has 1 unspecified atom stereocenters. The number of aldehydes is 1. The number of aromatic nitrogens is 2. The molecule has 2 aromatic rings. The van der Waals surface area contributed by atoms with Crippen molar-refractivity contribution in [1.82, 2.24) is 19.2 Å². The topological polar surface area (TPSA) is 105 Å². The molecule has 1 atom stereocenters. The summed E-state index contributed by atoms with van der Waals surface area (Å²) in [5, 5.41) is 2.84. The Balaban J connectivity index is 1.60. The van der Waals surface area contributed by atoms with Crippen LogP contribution < -0.4 is 5.32 Å². The fourth-order valence-corrected chi connectivity index (χ4v) is 6.38. The highest BCUT2D eigenvalue weighted by molar-refractivity contribution is 8.09. The first-order valence-corrected chi connectivity index (χ1v) is 12.5. The van der Waals surface area contributed by atoms with E-state index >= 15 is 0 Å². The summed E-state index contributed by atoms with van der Waals surface area (Å²) in [6.45, 7) is 5.19. The molecule has 0 saturated carbocycles. The van der Waals surface area contributed by atoms with E-state index < -0.39 is 10.0 Å². The fraction of sp³-hybridized carbons (Fsp3) is 0.381. The maximum Gasteiger partial charge on any atom is 0.243 e. The van der Waals surface area contributed by atoms with Gasteiger partial charge in [-0.3, -0.25) is 0 Å². The molecule has 1 fully saturated rings. The van der Waals surface area contributed by atoms with Crippen molar-refractivity contribution in [3.8, 4) is 0 Å². The van der Waals surface area contributed by atoms with Crippen molar-refractivity contribution in [2.45, 2.75) is 24.1 Å². The summed E-state index contributed by atoms with van der Waals surface area (Å²) in [6, 6.07) is 6.97. The molecule has 9 nitrogen and oxygen atoms in total. The van der Waals surface area contributed by atoms with Gasteiger partial charge < -0.3 is 19.7 Å². The number of hydrogen-bond donors (Lipinski definition) is 1. The number of nitrogens with one attached hydrogen (secondary N) is 1. The molecule has 4 rings (SSSR count). The fourth-order valence-electron chi connectivity index (χ4n) is 3.56. The Morgan fingerprint density at radius 1 is 1.22 bits per heavy atom.